The van der Waals surface area contributed by atoms with Gasteiger partial charge in [0.15, 0.2) is 0 Å². The molecule has 0 amide bonds. The van der Waals surface area contributed by atoms with Crippen molar-refractivity contribution >= 4 is 12.7 Å². The van der Waals surface area contributed by atoms with Crippen LogP contribution in [0.5, 0.6) is 0 Å². The molecule has 0 spiro atoms. The standard InChI is InChI=1S/C4H4O2Se/c5-7(6)3-1-2-4-7/h1-4H. The van der Waals surface area contributed by atoms with Crippen LogP contribution in [-0.4, -0.2) is 12.7 Å². The van der Waals surface area contributed by atoms with Crippen LogP contribution in [0.3, 0.4) is 0 Å². The molecule has 0 N–H and O–H groups in total. The summed E-state index contributed by atoms with van der Waals surface area (Å²) in [5, 5.41) is 0. The van der Waals surface area contributed by atoms with E-state index in [-0.39, 0.29) is 0 Å². The van der Waals surface area contributed by atoms with Gasteiger partial charge >= 0.3 is 42.5 Å². The molecule has 38 valence electrons. The van der Waals surface area contributed by atoms with E-state index < -0.39 is 12.7 Å². The molecule has 1 aliphatic heterocycles. The van der Waals surface area contributed by atoms with Crippen LogP contribution in [-0.2, 0) is 7.67 Å². The van der Waals surface area contributed by atoms with Gasteiger partial charge in [-0.1, -0.05) is 0 Å². The average Bonchev–Trinajstić information content (AvgIpc) is 1.84. The predicted octanol–water partition coefficient (Wildman–Crippen LogP) is 0.494. The van der Waals surface area contributed by atoms with Gasteiger partial charge in [0.25, 0.3) is 0 Å². The third-order valence-corrected chi connectivity index (χ3v) is 2.90. The second kappa shape index (κ2) is 1.29. The molecule has 1 rings (SSSR count). The Balaban J connectivity index is 3.25. The molecule has 0 bridgehead atoms. The van der Waals surface area contributed by atoms with Gasteiger partial charge in [-0.15, -0.1) is 0 Å². The van der Waals surface area contributed by atoms with Gasteiger partial charge in [0.05, 0.1) is 0 Å². The van der Waals surface area contributed by atoms with Crippen molar-refractivity contribution in [2.75, 3.05) is 0 Å². The molecule has 1 aliphatic rings. The van der Waals surface area contributed by atoms with E-state index in [1.165, 1.54) is 22.1 Å². The molecule has 0 fully saturated rings. The first-order valence-electron chi connectivity index (χ1n) is 1.80. The van der Waals surface area contributed by atoms with Crippen LogP contribution >= 0.6 is 0 Å². The zero-order chi connectivity index (χ0) is 5.33. The van der Waals surface area contributed by atoms with Crippen LogP contribution in [0.2, 0.25) is 0 Å². The first kappa shape index (κ1) is 4.75. The van der Waals surface area contributed by atoms with Gasteiger partial charge in [0.2, 0.25) is 0 Å². The molecule has 7 heavy (non-hydrogen) atoms. The maximum absolute atomic E-state index is 10.3. The van der Waals surface area contributed by atoms with Gasteiger partial charge in [0.1, 0.15) is 0 Å². The quantitative estimate of drug-likeness (QED) is 0.487. The molecular formula is C4H4O2Se. The van der Waals surface area contributed by atoms with E-state index >= 15 is 0 Å². The van der Waals surface area contributed by atoms with Crippen molar-refractivity contribution in [1.29, 1.82) is 0 Å². The number of hydrogen-bond acceptors (Lipinski definition) is 2. The van der Waals surface area contributed by atoms with E-state index in [9.17, 15) is 7.67 Å². The molecule has 0 atom stereocenters. The van der Waals surface area contributed by atoms with E-state index in [1.807, 2.05) is 0 Å². The first-order chi connectivity index (χ1) is 3.21. The van der Waals surface area contributed by atoms with Crippen LogP contribution in [0.4, 0.5) is 0 Å². The summed E-state index contributed by atoms with van der Waals surface area (Å²) in [6.45, 7) is 0. The molecule has 1 heterocycles. The monoisotopic (exact) mass is 164 g/mol. The van der Waals surface area contributed by atoms with E-state index in [0.717, 1.165) is 0 Å². The van der Waals surface area contributed by atoms with Crippen LogP contribution in [0.1, 0.15) is 0 Å². The summed E-state index contributed by atoms with van der Waals surface area (Å²) < 4.78 is 20.7. The summed E-state index contributed by atoms with van der Waals surface area (Å²) >= 11 is -3.56. The van der Waals surface area contributed by atoms with E-state index in [2.05, 4.69) is 0 Å². The number of rotatable bonds is 0. The second-order valence-electron chi connectivity index (χ2n) is 1.25. The van der Waals surface area contributed by atoms with Gasteiger partial charge in [-0.25, -0.2) is 0 Å². The Hall–Kier alpha value is -0.401. The zero-order valence-electron chi connectivity index (χ0n) is 3.53. The van der Waals surface area contributed by atoms with Gasteiger partial charge in [0, 0.05) is 0 Å². The molecule has 0 saturated carbocycles. The Morgan fingerprint density at radius 1 is 1.00 bits per heavy atom. The topological polar surface area (TPSA) is 34.1 Å². The van der Waals surface area contributed by atoms with E-state index in [0.29, 0.717) is 0 Å². The van der Waals surface area contributed by atoms with Gasteiger partial charge in [-0.3, -0.25) is 0 Å². The van der Waals surface area contributed by atoms with Crippen LogP contribution in [0, 0.1) is 0 Å². The van der Waals surface area contributed by atoms with Crippen molar-refractivity contribution in [3.05, 3.63) is 22.1 Å². The van der Waals surface area contributed by atoms with Gasteiger partial charge in [-0.05, 0) is 0 Å². The third kappa shape index (κ3) is 0.981. The summed E-state index contributed by atoms with van der Waals surface area (Å²) in [6.07, 6.45) is 3.06. The van der Waals surface area contributed by atoms with Crippen molar-refractivity contribution in [3.63, 3.8) is 0 Å². The Morgan fingerprint density at radius 3 is 1.57 bits per heavy atom. The molecule has 3 heteroatoms. The second-order valence-corrected chi connectivity index (χ2v) is 4.86. The predicted molar refractivity (Wildman–Crippen MR) is 25.4 cm³/mol. The minimum atomic E-state index is -3.56. The Bertz CT molecular complexity index is 190. The third-order valence-electron chi connectivity index (χ3n) is 0.648. The fourth-order valence-corrected chi connectivity index (χ4v) is 1.85. The van der Waals surface area contributed by atoms with Gasteiger partial charge in [-0.2, -0.15) is 0 Å². The summed E-state index contributed by atoms with van der Waals surface area (Å²) in [5.74, 6) is 0. The molecule has 0 aliphatic carbocycles. The SMILES string of the molecule is O=[Se]1(=O)C=CC=C1. The normalized spacial score (nSPS) is 23.4. The summed E-state index contributed by atoms with van der Waals surface area (Å²) in [7, 11) is 0. The molecule has 2 nitrogen and oxygen atoms in total. The van der Waals surface area contributed by atoms with Crippen LogP contribution in [0.15, 0.2) is 22.1 Å². The summed E-state index contributed by atoms with van der Waals surface area (Å²) in [4.78, 5) is 2.47. The molecule has 0 saturated heterocycles. The van der Waals surface area contributed by atoms with Crippen molar-refractivity contribution in [3.8, 4) is 0 Å². The van der Waals surface area contributed by atoms with E-state index in [4.69, 9.17) is 0 Å². The molecular weight excluding hydrogens is 159 g/mol. The Kier molecular flexibility index (Phi) is 0.872. The maximum atomic E-state index is 10.3. The molecule has 0 aromatic carbocycles. The molecule has 0 aromatic rings. The molecule has 0 aromatic heterocycles. The number of allylic oxidation sites excluding steroid dienone is 2. The van der Waals surface area contributed by atoms with Crippen molar-refractivity contribution in [1.82, 2.24) is 0 Å². The van der Waals surface area contributed by atoms with Crippen LogP contribution < -0.4 is 0 Å². The van der Waals surface area contributed by atoms with Crippen molar-refractivity contribution in [2.45, 2.75) is 0 Å². The summed E-state index contributed by atoms with van der Waals surface area (Å²) in [5.41, 5.74) is 0. The number of hydrogen-bond donors (Lipinski definition) is 0. The minimum absolute atomic E-state index is 1.23. The van der Waals surface area contributed by atoms with Crippen molar-refractivity contribution < 1.29 is 7.67 Å². The first-order valence-corrected chi connectivity index (χ1v) is 5.18. The Labute approximate surface area is 43.2 Å². The van der Waals surface area contributed by atoms with Gasteiger partial charge < -0.3 is 0 Å². The molecule has 0 unspecified atom stereocenters. The fraction of sp³-hybridized carbons (Fsp3) is 0. The molecule has 0 radical (unpaired) electrons. The zero-order valence-corrected chi connectivity index (χ0v) is 5.25. The van der Waals surface area contributed by atoms with E-state index in [1.54, 1.807) is 0 Å². The fourth-order valence-electron chi connectivity index (χ4n) is 0.355. The Morgan fingerprint density at radius 2 is 1.43 bits per heavy atom. The van der Waals surface area contributed by atoms with Crippen molar-refractivity contribution in [2.24, 2.45) is 0 Å². The summed E-state index contributed by atoms with van der Waals surface area (Å²) in [6, 6.07) is 0. The van der Waals surface area contributed by atoms with Crippen LogP contribution in [0.25, 0.3) is 0 Å². The average molecular weight is 163 g/mol.